The van der Waals surface area contributed by atoms with Gasteiger partial charge in [-0.15, -0.1) is 0 Å². The summed E-state index contributed by atoms with van der Waals surface area (Å²) < 4.78 is 0. The lowest BCUT2D eigenvalue weighted by Gasteiger charge is -2.23. The van der Waals surface area contributed by atoms with Crippen LogP contribution in [0.3, 0.4) is 0 Å². The smallest absolute Gasteiger partial charge is 0.172 e. The molecular weight excluding hydrogens is 154 g/mol. The number of hydrogen-bond acceptors (Lipinski definition) is 3. The third-order valence-corrected chi connectivity index (χ3v) is 2.25. The van der Waals surface area contributed by atoms with E-state index in [4.69, 9.17) is 0 Å². The van der Waals surface area contributed by atoms with Crippen LogP contribution in [-0.2, 0) is 6.42 Å². The topological polar surface area (TPSA) is 49.0 Å². The van der Waals surface area contributed by atoms with E-state index in [0.29, 0.717) is 5.69 Å². The van der Waals surface area contributed by atoms with Gasteiger partial charge in [0, 0.05) is 13.6 Å². The SMILES string of the molecule is CN1CCCc2[nH]nc(C=O)c21. The van der Waals surface area contributed by atoms with Crippen LogP contribution < -0.4 is 4.90 Å². The van der Waals surface area contributed by atoms with Crippen molar-refractivity contribution < 1.29 is 4.79 Å². The fourth-order valence-corrected chi connectivity index (χ4v) is 1.68. The number of aromatic nitrogens is 2. The Bertz CT molecular complexity index is 305. The largest absolute Gasteiger partial charge is 0.371 e. The van der Waals surface area contributed by atoms with Crippen LogP contribution in [0.4, 0.5) is 5.69 Å². The molecule has 1 N–H and O–H groups in total. The first-order chi connectivity index (χ1) is 5.83. The highest BCUT2D eigenvalue weighted by molar-refractivity contribution is 5.83. The molecule has 0 bridgehead atoms. The number of nitrogens with one attached hydrogen (secondary N) is 1. The molecule has 4 nitrogen and oxygen atoms in total. The number of hydrogen-bond donors (Lipinski definition) is 1. The second-order valence-corrected chi connectivity index (χ2v) is 3.08. The number of aromatic amines is 1. The number of aldehydes is 1. The molecule has 0 saturated carbocycles. The van der Waals surface area contributed by atoms with Crippen LogP contribution in [0.5, 0.6) is 0 Å². The Morgan fingerprint density at radius 3 is 3.25 bits per heavy atom. The van der Waals surface area contributed by atoms with E-state index in [1.165, 1.54) is 0 Å². The van der Waals surface area contributed by atoms with Crippen molar-refractivity contribution in [2.24, 2.45) is 0 Å². The van der Waals surface area contributed by atoms with Gasteiger partial charge in [0.05, 0.1) is 11.4 Å². The highest BCUT2D eigenvalue weighted by atomic mass is 16.1. The molecule has 1 aromatic rings. The van der Waals surface area contributed by atoms with E-state index < -0.39 is 0 Å². The molecule has 0 unspecified atom stereocenters. The molecule has 0 fully saturated rings. The van der Waals surface area contributed by atoms with E-state index in [2.05, 4.69) is 15.1 Å². The molecule has 2 rings (SSSR count). The van der Waals surface area contributed by atoms with Crippen molar-refractivity contribution in [3.8, 4) is 0 Å². The van der Waals surface area contributed by atoms with Crippen molar-refractivity contribution in [1.82, 2.24) is 10.2 Å². The van der Waals surface area contributed by atoms with E-state index in [-0.39, 0.29) is 0 Å². The first kappa shape index (κ1) is 7.34. The molecule has 12 heavy (non-hydrogen) atoms. The minimum absolute atomic E-state index is 0.534. The van der Waals surface area contributed by atoms with Crippen LogP contribution in [-0.4, -0.2) is 30.1 Å². The van der Waals surface area contributed by atoms with E-state index in [0.717, 1.165) is 37.1 Å². The molecule has 0 spiro atoms. The number of H-pyrrole nitrogens is 1. The molecule has 2 heterocycles. The average molecular weight is 165 g/mol. The Labute approximate surface area is 70.6 Å². The zero-order valence-electron chi connectivity index (χ0n) is 7.00. The minimum atomic E-state index is 0.534. The van der Waals surface area contributed by atoms with E-state index in [9.17, 15) is 4.79 Å². The van der Waals surface area contributed by atoms with Crippen LogP contribution in [0, 0.1) is 0 Å². The summed E-state index contributed by atoms with van der Waals surface area (Å²) in [5.74, 6) is 0. The van der Waals surface area contributed by atoms with Gasteiger partial charge >= 0.3 is 0 Å². The van der Waals surface area contributed by atoms with E-state index in [1.54, 1.807) is 0 Å². The van der Waals surface area contributed by atoms with E-state index in [1.807, 2.05) is 7.05 Å². The first-order valence-corrected chi connectivity index (χ1v) is 4.06. The van der Waals surface area contributed by atoms with Crippen molar-refractivity contribution >= 4 is 12.0 Å². The van der Waals surface area contributed by atoms with Crippen molar-refractivity contribution in [3.63, 3.8) is 0 Å². The number of aryl methyl sites for hydroxylation is 1. The summed E-state index contributed by atoms with van der Waals surface area (Å²) in [6.07, 6.45) is 2.93. The lowest BCUT2D eigenvalue weighted by molar-refractivity contribution is 0.111. The molecule has 1 aliphatic rings. The van der Waals surface area contributed by atoms with Crippen molar-refractivity contribution in [1.29, 1.82) is 0 Å². The molecule has 0 radical (unpaired) electrons. The predicted molar refractivity (Wildman–Crippen MR) is 45.6 cm³/mol. The molecule has 4 heteroatoms. The maximum Gasteiger partial charge on any atom is 0.172 e. The highest BCUT2D eigenvalue weighted by Gasteiger charge is 2.19. The molecular formula is C8H11N3O. The van der Waals surface area contributed by atoms with Crippen LogP contribution >= 0.6 is 0 Å². The molecule has 0 atom stereocenters. The van der Waals surface area contributed by atoms with Crippen molar-refractivity contribution in [2.75, 3.05) is 18.5 Å². The maximum absolute atomic E-state index is 10.6. The Kier molecular flexibility index (Phi) is 1.60. The number of fused-ring (bicyclic) bond motifs is 1. The second-order valence-electron chi connectivity index (χ2n) is 3.08. The summed E-state index contributed by atoms with van der Waals surface area (Å²) in [4.78, 5) is 12.7. The second kappa shape index (κ2) is 2.62. The fourth-order valence-electron chi connectivity index (χ4n) is 1.68. The summed E-state index contributed by atoms with van der Waals surface area (Å²) in [5.41, 5.74) is 2.61. The Morgan fingerprint density at radius 2 is 2.50 bits per heavy atom. The standard InChI is InChI=1S/C8H11N3O/c1-11-4-2-3-6-8(11)7(5-12)10-9-6/h5H,2-4H2,1H3,(H,9,10). The maximum atomic E-state index is 10.6. The van der Waals surface area contributed by atoms with Crippen molar-refractivity contribution in [2.45, 2.75) is 12.8 Å². The van der Waals surface area contributed by atoms with Crippen LogP contribution in [0.2, 0.25) is 0 Å². The lowest BCUT2D eigenvalue weighted by Crippen LogP contribution is -2.24. The molecule has 0 saturated heterocycles. The Morgan fingerprint density at radius 1 is 1.67 bits per heavy atom. The quantitative estimate of drug-likeness (QED) is 0.620. The third-order valence-electron chi connectivity index (χ3n) is 2.25. The third kappa shape index (κ3) is 0.913. The van der Waals surface area contributed by atoms with Crippen LogP contribution in [0.25, 0.3) is 0 Å². The molecule has 0 aromatic carbocycles. The molecule has 0 amide bonds. The fraction of sp³-hybridized carbons (Fsp3) is 0.500. The number of anilines is 1. The summed E-state index contributed by atoms with van der Waals surface area (Å²) in [7, 11) is 1.99. The number of carbonyl (C=O) groups excluding carboxylic acids is 1. The van der Waals surface area contributed by atoms with E-state index >= 15 is 0 Å². The van der Waals surface area contributed by atoms with Gasteiger partial charge in [0.1, 0.15) is 5.69 Å². The normalized spacial score (nSPS) is 15.9. The highest BCUT2D eigenvalue weighted by Crippen LogP contribution is 2.26. The molecule has 0 aliphatic carbocycles. The van der Waals surface area contributed by atoms with Gasteiger partial charge < -0.3 is 4.90 Å². The number of carbonyl (C=O) groups is 1. The van der Waals surface area contributed by atoms with Gasteiger partial charge in [0.15, 0.2) is 6.29 Å². The zero-order chi connectivity index (χ0) is 8.55. The first-order valence-electron chi connectivity index (χ1n) is 4.06. The van der Waals surface area contributed by atoms with Gasteiger partial charge in [-0.3, -0.25) is 9.89 Å². The van der Waals surface area contributed by atoms with Gasteiger partial charge in [0.2, 0.25) is 0 Å². The van der Waals surface area contributed by atoms with Gasteiger partial charge in [-0.05, 0) is 12.8 Å². The van der Waals surface area contributed by atoms with Crippen LogP contribution in [0.1, 0.15) is 22.6 Å². The van der Waals surface area contributed by atoms with Crippen molar-refractivity contribution in [3.05, 3.63) is 11.4 Å². The zero-order valence-corrected chi connectivity index (χ0v) is 7.00. The number of nitrogens with zero attached hydrogens (tertiary/aromatic N) is 2. The number of rotatable bonds is 1. The van der Waals surface area contributed by atoms with Crippen LogP contribution in [0.15, 0.2) is 0 Å². The summed E-state index contributed by atoms with van der Waals surface area (Å²) in [5, 5.41) is 6.82. The summed E-state index contributed by atoms with van der Waals surface area (Å²) in [6.45, 7) is 1.01. The van der Waals surface area contributed by atoms with Gasteiger partial charge in [-0.1, -0.05) is 0 Å². The summed E-state index contributed by atoms with van der Waals surface area (Å²) >= 11 is 0. The summed E-state index contributed by atoms with van der Waals surface area (Å²) in [6, 6.07) is 0. The lowest BCUT2D eigenvalue weighted by atomic mass is 10.1. The minimum Gasteiger partial charge on any atom is -0.371 e. The van der Waals surface area contributed by atoms with Gasteiger partial charge in [-0.25, -0.2) is 0 Å². The predicted octanol–water partition coefficient (Wildman–Crippen LogP) is 0.605. The molecule has 1 aliphatic heterocycles. The monoisotopic (exact) mass is 165 g/mol. The van der Waals surface area contributed by atoms with Gasteiger partial charge in [0.25, 0.3) is 0 Å². The Hall–Kier alpha value is -1.32. The Balaban J connectivity index is 2.50. The van der Waals surface area contributed by atoms with Gasteiger partial charge in [-0.2, -0.15) is 5.10 Å². The molecule has 64 valence electrons. The molecule has 1 aromatic heterocycles. The average Bonchev–Trinajstić information content (AvgIpc) is 2.49.